The van der Waals surface area contributed by atoms with Gasteiger partial charge in [-0.15, -0.1) is 0 Å². The smallest absolute Gasteiger partial charge is 0.242 e. The van der Waals surface area contributed by atoms with Gasteiger partial charge in [-0.25, -0.2) is 0 Å². The molecule has 0 fully saturated rings. The first-order valence-corrected chi connectivity index (χ1v) is 10.9. The Labute approximate surface area is 188 Å². The van der Waals surface area contributed by atoms with E-state index in [0.717, 1.165) is 11.3 Å². The van der Waals surface area contributed by atoms with Crippen LogP contribution in [0.4, 0.5) is 0 Å². The quantitative estimate of drug-likeness (QED) is 0.484. The zero-order valence-electron chi connectivity index (χ0n) is 17.4. The van der Waals surface area contributed by atoms with Crippen LogP contribution < -0.4 is 10.1 Å². The van der Waals surface area contributed by atoms with Crippen LogP contribution in [0, 0.1) is 0 Å². The van der Waals surface area contributed by atoms with E-state index < -0.39 is 6.04 Å². The van der Waals surface area contributed by atoms with Crippen molar-refractivity contribution in [3.05, 3.63) is 64.1 Å². The van der Waals surface area contributed by atoms with Crippen LogP contribution in [0.25, 0.3) is 0 Å². The summed E-state index contributed by atoms with van der Waals surface area (Å²) in [7, 11) is 0. The van der Waals surface area contributed by atoms with Gasteiger partial charge in [0.2, 0.25) is 11.8 Å². The van der Waals surface area contributed by atoms with Crippen molar-refractivity contribution in [2.75, 3.05) is 13.2 Å². The summed E-state index contributed by atoms with van der Waals surface area (Å²) in [4.78, 5) is 27.2. The summed E-state index contributed by atoms with van der Waals surface area (Å²) in [6.07, 6.45) is 1.32. The maximum absolute atomic E-state index is 13.1. The number of halogens is 2. The Kier molecular flexibility index (Phi) is 9.98. The largest absolute Gasteiger partial charge is 0.494 e. The standard InChI is InChI=1S/C23H28Cl2N2O3/c1-3-21(23(29)26-4-2)27(16-17-12-13-18(24)15-20(17)25)22(28)11-8-14-30-19-9-6-5-7-10-19/h5-7,9-10,12-13,15,21H,3-4,8,11,14,16H2,1-2H3,(H,26,29)/t21-/m0/s1. The Balaban J connectivity index is 2.08. The number of nitrogens with zero attached hydrogens (tertiary/aromatic N) is 1. The van der Waals surface area contributed by atoms with Crippen molar-refractivity contribution in [1.82, 2.24) is 10.2 Å². The van der Waals surface area contributed by atoms with E-state index in [1.807, 2.05) is 44.2 Å². The fourth-order valence-corrected chi connectivity index (χ4v) is 3.59. The van der Waals surface area contributed by atoms with Crippen molar-refractivity contribution in [2.45, 2.75) is 45.7 Å². The van der Waals surface area contributed by atoms with Gasteiger partial charge >= 0.3 is 0 Å². The third-order valence-corrected chi connectivity index (χ3v) is 5.23. The molecule has 2 rings (SSSR count). The predicted molar refractivity (Wildman–Crippen MR) is 121 cm³/mol. The summed E-state index contributed by atoms with van der Waals surface area (Å²) in [6.45, 7) is 4.91. The highest BCUT2D eigenvalue weighted by molar-refractivity contribution is 6.35. The van der Waals surface area contributed by atoms with Crippen molar-refractivity contribution in [1.29, 1.82) is 0 Å². The lowest BCUT2D eigenvalue weighted by Crippen LogP contribution is -2.49. The molecule has 162 valence electrons. The highest BCUT2D eigenvalue weighted by Gasteiger charge is 2.28. The number of rotatable bonds is 11. The van der Waals surface area contributed by atoms with Gasteiger partial charge in [0.05, 0.1) is 6.61 Å². The predicted octanol–water partition coefficient (Wildman–Crippen LogP) is 5.10. The van der Waals surface area contributed by atoms with Crippen LogP contribution in [0.2, 0.25) is 10.0 Å². The summed E-state index contributed by atoms with van der Waals surface area (Å²) in [6, 6.07) is 14.0. The summed E-state index contributed by atoms with van der Waals surface area (Å²) in [5.74, 6) is 0.485. The fraction of sp³-hybridized carbons (Fsp3) is 0.391. The van der Waals surface area contributed by atoms with E-state index in [0.29, 0.717) is 36.0 Å². The van der Waals surface area contributed by atoms with Gasteiger partial charge in [0.25, 0.3) is 0 Å². The number of carbonyl (C=O) groups excluding carboxylic acids is 2. The second-order valence-corrected chi connectivity index (χ2v) is 7.68. The first-order valence-electron chi connectivity index (χ1n) is 10.1. The monoisotopic (exact) mass is 450 g/mol. The highest BCUT2D eigenvalue weighted by Crippen LogP contribution is 2.24. The first-order chi connectivity index (χ1) is 14.5. The van der Waals surface area contributed by atoms with Gasteiger partial charge in [-0.1, -0.05) is 54.4 Å². The molecule has 7 heteroatoms. The van der Waals surface area contributed by atoms with Crippen LogP contribution in [0.1, 0.15) is 38.7 Å². The van der Waals surface area contributed by atoms with E-state index in [1.165, 1.54) is 0 Å². The zero-order chi connectivity index (χ0) is 21.9. The minimum atomic E-state index is -0.570. The summed E-state index contributed by atoms with van der Waals surface area (Å²) >= 11 is 12.3. The molecule has 1 atom stereocenters. The lowest BCUT2D eigenvalue weighted by atomic mass is 10.1. The minimum Gasteiger partial charge on any atom is -0.494 e. The van der Waals surface area contributed by atoms with Crippen LogP contribution in [0.15, 0.2) is 48.5 Å². The molecule has 0 aliphatic carbocycles. The molecule has 0 spiro atoms. The SMILES string of the molecule is CCNC(=O)[C@H](CC)N(Cc1ccc(Cl)cc1Cl)C(=O)CCCOc1ccccc1. The van der Waals surface area contributed by atoms with E-state index in [9.17, 15) is 9.59 Å². The molecule has 0 aliphatic rings. The maximum atomic E-state index is 13.1. The molecule has 2 aromatic rings. The van der Waals surface area contributed by atoms with Crippen LogP contribution in [0.5, 0.6) is 5.75 Å². The molecule has 0 aromatic heterocycles. The number of ether oxygens (including phenoxy) is 1. The lowest BCUT2D eigenvalue weighted by Gasteiger charge is -2.31. The van der Waals surface area contributed by atoms with Gasteiger partial charge in [-0.3, -0.25) is 9.59 Å². The number of hydrogen-bond acceptors (Lipinski definition) is 3. The molecule has 30 heavy (non-hydrogen) atoms. The topological polar surface area (TPSA) is 58.6 Å². The third-order valence-electron chi connectivity index (χ3n) is 4.64. The van der Waals surface area contributed by atoms with E-state index in [-0.39, 0.29) is 24.8 Å². The van der Waals surface area contributed by atoms with Crippen molar-refractivity contribution in [3.8, 4) is 5.75 Å². The molecule has 0 heterocycles. The molecule has 0 radical (unpaired) electrons. The van der Waals surface area contributed by atoms with Crippen LogP contribution in [0.3, 0.4) is 0 Å². The maximum Gasteiger partial charge on any atom is 0.242 e. The van der Waals surface area contributed by atoms with Gasteiger partial charge < -0.3 is 15.0 Å². The van der Waals surface area contributed by atoms with Gasteiger partial charge in [0, 0.05) is 29.6 Å². The Morgan fingerprint density at radius 2 is 1.83 bits per heavy atom. The molecule has 0 bridgehead atoms. The second kappa shape index (κ2) is 12.5. The van der Waals surface area contributed by atoms with Crippen LogP contribution in [-0.2, 0) is 16.1 Å². The second-order valence-electron chi connectivity index (χ2n) is 6.84. The van der Waals surface area contributed by atoms with Crippen molar-refractivity contribution >= 4 is 35.0 Å². The average molecular weight is 451 g/mol. The Morgan fingerprint density at radius 3 is 2.47 bits per heavy atom. The molecule has 0 saturated heterocycles. The third kappa shape index (κ3) is 7.22. The molecular formula is C23H28Cl2N2O3. The Bertz CT molecular complexity index is 830. The van der Waals surface area contributed by atoms with E-state index in [2.05, 4.69) is 5.32 Å². The number of hydrogen-bond donors (Lipinski definition) is 1. The average Bonchev–Trinajstić information content (AvgIpc) is 2.73. The molecule has 2 aromatic carbocycles. The molecule has 0 unspecified atom stereocenters. The first kappa shape index (κ1) is 24.0. The number of benzene rings is 2. The molecule has 0 aliphatic heterocycles. The normalized spacial score (nSPS) is 11.6. The van der Waals surface area contributed by atoms with Crippen LogP contribution in [-0.4, -0.2) is 35.9 Å². The lowest BCUT2D eigenvalue weighted by molar-refractivity contribution is -0.141. The van der Waals surface area contributed by atoms with Gasteiger partial charge in [0.15, 0.2) is 0 Å². The number of carbonyl (C=O) groups is 2. The molecule has 0 saturated carbocycles. The van der Waals surface area contributed by atoms with E-state index in [4.69, 9.17) is 27.9 Å². The zero-order valence-corrected chi connectivity index (χ0v) is 18.9. The van der Waals surface area contributed by atoms with E-state index in [1.54, 1.807) is 23.1 Å². The van der Waals surface area contributed by atoms with Gasteiger partial charge in [-0.2, -0.15) is 0 Å². The Hall–Kier alpha value is -2.24. The summed E-state index contributed by atoms with van der Waals surface area (Å²) in [5, 5.41) is 3.81. The molecular weight excluding hydrogens is 423 g/mol. The Morgan fingerprint density at radius 1 is 1.10 bits per heavy atom. The molecule has 1 N–H and O–H groups in total. The van der Waals surface area contributed by atoms with E-state index >= 15 is 0 Å². The number of amides is 2. The minimum absolute atomic E-state index is 0.115. The number of para-hydroxylation sites is 1. The van der Waals surface area contributed by atoms with Crippen molar-refractivity contribution in [2.24, 2.45) is 0 Å². The van der Waals surface area contributed by atoms with Crippen molar-refractivity contribution in [3.63, 3.8) is 0 Å². The fourth-order valence-electron chi connectivity index (χ4n) is 3.12. The van der Waals surface area contributed by atoms with Crippen LogP contribution >= 0.6 is 23.2 Å². The highest BCUT2D eigenvalue weighted by atomic mass is 35.5. The van der Waals surface area contributed by atoms with Gasteiger partial charge in [-0.05, 0) is 49.6 Å². The molecule has 5 nitrogen and oxygen atoms in total. The molecule has 2 amide bonds. The van der Waals surface area contributed by atoms with Crippen molar-refractivity contribution < 1.29 is 14.3 Å². The summed E-state index contributed by atoms with van der Waals surface area (Å²) in [5.41, 5.74) is 0.748. The number of likely N-dealkylation sites (N-methyl/N-ethyl adjacent to an activating group) is 1. The van der Waals surface area contributed by atoms with Gasteiger partial charge in [0.1, 0.15) is 11.8 Å². The summed E-state index contributed by atoms with van der Waals surface area (Å²) < 4.78 is 5.67. The number of nitrogens with one attached hydrogen (secondary N) is 1.